The molecule has 0 radical (unpaired) electrons. The Balaban J connectivity index is 2.24. The first-order chi connectivity index (χ1) is 14.9. The number of aromatic carboxylic acids is 1. The fourth-order valence-electron chi connectivity index (χ4n) is 3.17. The zero-order chi connectivity index (χ0) is 23.8. The number of carbonyl (C=O) groups is 1. The fraction of sp³-hybridized carbons (Fsp3) is 0.304. The summed E-state index contributed by atoms with van der Waals surface area (Å²) in [6.45, 7) is 3.73. The van der Waals surface area contributed by atoms with Crippen molar-refractivity contribution in [3.05, 3.63) is 65.4 Å². The van der Waals surface area contributed by atoms with E-state index in [1.54, 1.807) is 17.0 Å². The minimum Gasteiger partial charge on any atom is -0.477 e. The molecule has 1 N–H and O–H groups in total. The van der Waals surface area contributed by atoms with Crippen LogP contribution >= 0.6 is 0 Å². The Bertz CT molecular complexity index is 1180. The molecule has 0 saturated heterocycles. The molecule has 0 spiro atoms. The van der Waals surface area contributed by atoms with Crippen LogP contribution in [0.15, 0.2) is 36.4 Å². The molecule has 32 heavy (non-hydrogen) atoms. The second-order valence-corrected chi connectivity index (χ2v) is 8.38. The molecule has 3 heterocycles. The maximum absolute atomic E-state index is 14.4. The number of anilines is 2. The van der Waals surface area contributed by atoms with E-state index in [1.807, 2.05) is 53.0 Å². The zero-order valence-electron chi connectivity index (χ0n) is 18.8. The third-order valence-electron chi connectivity index (χ3n) is 5.24. The Morgan fingerprint density at radius 1 is 0.875 bits per heavy atom. The van der Waals surface area contributed by atoms with E-state index in [0.717, 1.165) is 11.8 Å². The average Bonchev–Trinajstić information content (AvgIpc) is 2.72. The first-order valence-electron chi connectivity index (χ1n) is 9.85. The highest BCUT2D eigenvalue weighted by atomic mass is 19.1. The number of aromatic nitrogens is 3. The van der Waals surface area contributed by atoms with Crippen LogP contribution in [0.3, 0.4) is 0 Å². The molecule has 7 nitrogen and oxygen atoms in total. The normalized spacial score (nSPS) is 11.4. The van der Waals surface area contributed by atoms with Crippen LogP contribution in [0.25, 0.3) is 11.3 Å². The Morgan fingerprint density at radius 3 is 1.97 bits per heavy atom. The van der Waals surface area contributed by atoms with Crippen LogP contribution in [0.4, 0.5) is 20.2 Å². The van der Waals surface area contributed by atoms with Crippen molar-refractivity contribution in [2.45, 2.75) is 19.3 Å². The molecular formula is C23H25F2N5O2. The molecule has 0 aliphatic heterocycles. The summed E-state index contributed by atoms with van der Waals surface area (Å²) in [5.74, 6) is -3.01. The van der Waals surface area contributed by atoms with Gasteiger partial charge in [-0.1, -0.05) is 0 Å². The second-order valence-electron chi connectivity index (χ2n) is 8.38. The van der Waals surface area contributed by atoms with Gasteiger partial charge in [0, 0.05) is 45.0 Å². The van der Waals surface area contributed by atoms with Gasteiger partial charge in [0.25, 0.3) is 0 Å². The van der Waals surface area contributed by atoms with Gasteiger partial charge >= 0.3 is 5.97 Å². The summed E-state index contributed by atoms with van der Waals surface area (Å²) in [5, 5.41) is 9.53. The van der Waals surface area contributed by atoms with Crippen LogP contribution in [0.2, 0.25) is 0 Å². The van der Waals surface area contributed by atoms with Gasteiger partial charge in [0.1, 0.15) is 0 Å². The summed E-state index contributed by atoms with van der Waals surface area (Å²) in [4.78, 5) is 27.6. The number of rotatable bonds is 6. The highest BCUT2D eigenvalue weighted by Gasteiger charge is 2.30. The SMILES string of the molecule is CN(C)c1cc(C(=O)O)nc(C(C)(C)c2cc(N(C)C)cc(-c3ccc(F)nc3F)n2)c1. The Morgan fingerprint density at radius 2 is 1.44 bits per heavy atom. The van der Waals surface area contributed by atoms with E-state index in [-0.39, 0.29) is 17.0 Å². The van der Waals surface area contributed by atoms with Gasteiger partial charge < -0.3 is 14.9 Å². The van der Waals surface area contributed by atoms with Gasteiger partial charge in [0.05, 0.1) is 22.6 Å². The Hall–Kier alpha value is -3.62. The van der Waals surface area contributed by atoms with Gasteiger partial charge in [-0.05, 0) is 50.2 Å². The molecule has 168 valence electrons. The monoisotopic (exact) mass is 441 g/mol. The number of halogens is 2. The molecule has 0 aliphatic carbocycles. The highest BCUT2D eigenvalue weighted by molar-refractivity contribution is 5.86. The number of pyridine rings is 3. The Labute approximate surface area is 185 Å². The smallest absolute Gasteiger partial charge is 0.354 e. The largest absolute Gasteiger partial charge is 0.477 e. The van der Waals surface area contributed by atoms with Crippen molar-refractivity contribution < 1.29 is 18.7 Å². The van der Waals surface area contributed by atoms with E-state index in [2.05, 4.69) is 15.0 Å². The number of hydrogen-bond donors (Lipinski definition) is 1. The standard InChI is InChI=1S/C23H25F2N5O2/c1-23(2,19-12-14(30(5)6)10-17(27-19)22(31)32)18-11-13(29(3)4)9-16(26-18)15-7-8-20(24)28-21(15)25/h7-12H,1-6H3,(H,31,32). The molecule has 0 unspecified atom stereocenters. The van der Waals surface area contributed by atoms with E-state index >= 15 is 0 Å². The molecule has 0 fully saturated rings. The molecule has 0 aromatic carbocycles. The molecule has 0 saturated carbocycles. The lowest BCUT2D eigenvalue weighted by Gasteiger charge is -2.27. The van der Waals surface area contributed by atoms with Crippen molar-refractivity contribution in [3.63, 3.8) is 0 Å². The third-order valence-corrected chi connectivity index (χ3v) is 5.24. The van der Waals surface area contributed by atoms with Crippen LogP contribution in [-0.4, -0.2) is 54.2 Å². The molecule has 3 aromatic heterocycles. The van der Waals surface area contributed by atoms with Crippen LogP contribution in [0.1, 0.15) is 35.7 Å². The number of carboxylic acid groups (broad SMARTS) is 1. The fourth-order valence-corrected chi connectivity index (χ4v) is 3.17. The van der Waals surface area contributed by atoms with Gasteiger partial charge in [0.15, 0.2) is 5.69 Å². The van der Waals surface area contributed by atoms with E-state index in [0.29, 0.717) is 17.1 Å². The maximum atomic E-state index is 14.4. The molecule has 3 rings (SSSR count). The van der Waals surface area contributed by atoms with Crippen LogP contribution < -0.4 is 9.80 Å². The quantitative estimate of drug-likeness (QED) is 0.580. The van der Waals surface area contributed by atoms with Crippen molar-refractivity contribution in [1.29, 1.82) is 0 Å². The van der Waals surface area contributed by atoms with E-state index in [9.17, 15) is 18.7 Å². The summed E-state index contributed by atoms with van der Waals surface area (Å²) in [6, 6.07) is 9.19. The van der Waals surface area contributed by atoms with E-state index < -0.39 is 23.3 Å². The zero-order valence-corrected chi connectivity index (χ0v) is 18.8. The molecular weight excluding hydrogens is 416 g/mol. The molecule has 0 amide bonds. The van der Waals surface area contributed by atoms with Crippen molar-refractivity contribution in [3.8, 4) is 11.3 Å². The molecule has 3 aromatic rings. The molecule has 9 heteroatoms. The summed E-state index contributed by atoms with van der Waals surface area (Å²) in [7, 11) is 7.29. The van der Waals surface area contributed by atoms with Crippen LogP contribution in [-0.2, 0) is 5.41 Å². The summed E-state index contributed by atoms with van der Waals surface area (Å²) in [6.07, 6.45) is 0. The predicted molar refractivity (Wildman–Crippen MR) is 119 cm³/mol. The minimum absolute atomic E-state index is 0.0633. The summed E-state index contributed by atoms with van der Waals surface area (Å²) >= 11 is 0. The summed E-state index contributed by atoms with van der Waals surface area (Å²) < 4.78 is 27.7. The van der Waals surface area contributed by atoms with Crippen molar-refractivity contribution in [2.75, 3.05) is 38.0 Å². The average molecular weight is 441 g/mol. The first kappa shape index (κ1) is 23.1. The molecule has 0 bridgehead atoms. The van der Waals surface area contributed by atoms with E-state index in [1.165, 1.54) is 12.1 Å². The Kier molecular flexibility index (Phi) is 6.11. The van der Waals surface area contributed by atoms with Crippen molar-refractivity contribution >= 4 is 17.3 Å². The van der Waals surface area contributed by atoms with Gasteiger partial charge in [0.2, 0.25) is 11.9 Å². The van der Waals surface area contributed by atoms with Gasteiger partial charge in [-0.25, -0.2) is 9.78 Å². The predicted octanol–water partition coefficient (Wildman–Crippen LogP) is 3.97. The lowest BCUT2D eigenvalue weighted by molar-refractivity contribution is 0.0690. The maximum Gasteiger partial charge on any atom is 0.354 e. The lowest BCUT2D eigenvalue weighted by atomic mass is 9.83. The number of carboxylic acids is 1. The minimum atomic E-state index is -1.14. The summed E-state index contributed by atoms with van der Waals surface area (Å²) in [5.41, 5.74) is 1.88. The van der Waals surface area contributed by atoms with Gasteiger partial charge in [-0.15, -0.1) is 0 Å². The van der Waals surface area contributed by atoms with Gasteiger partial charge in [-0.3, -0.25) is 4.98 Å². The molecule has 0 atom stereocenters. The number of hydrogen-bond acceptors (Lipinski definition) is 6. The third kappa shape index (κ3) is 4.51. The van der Waals surface area contributed by atoms with E-state index in [4.69, 9.17) is 0 Å². The van der Waals surface area contributed by atoms with Crippen LogP contribution in [0, 0.1) is 11.9 Å². The molecule has 0 aliphatic rings. The lowest BCUT2D eigenvalue weighted by Crippen LogP contribution is -2.25. The van der Waals surface area contributed by atoms with Crippen molar-refractivity contribution in [2.24, 2.45) is 0 Å². The topological polar surface area (TPSA) is 82.5 Å². The number of nitrogens with zero attached hydrogens (tertiary/aromatic N) is 5. The van der Waals surface area contributed by atoms with Gasteiger partial charge in [-0.2, -0.15) is 13.8 Å². The van der Waals surface area contributed by atoms with Crippen LogP contribution in [0.5, 0.6) is 0 Å². The second kappa shape index (κ2) is 8.49. The highest BCUT2D eigenvalue weighted by Crippen LogP contribution is 2.35. The first-order valence-corrected chi connectivity index (χ1v) is 9.85. The van der Waals surface area contributed by atoms with Crippen molar-refractivity contribution in [1.82, 2.24) is 15.0 Å².